The van der Waals surface area contributed by atoms with Crippen molar-refractivity contribution in [3.05, 3.63) is 23.8 Å². The van der Waals surface area contributed by atoms with Gasteiger partial charge >= 0.3 is 5.97 Å². The zero-order valence-corrected chi connectivity index (χ0v) is 14.4. The summed E-state index contributed by atoms with van der Waals surface area (Å²) in [5.74, 6) is 0.779. The number of carbonyl (C=O) groups is 1. The van der Waals surface area contributed by atoms with Crippen LogP contribution in [0.5, 0.6) is 5.75 Å². The quantitative estimate of drug-likeness (QED) is 0.657. The summed E-state index contributed by atoms with van der Waals surface area (Å²) in [4.78, 5) is 13.4. The van der Waals surface area contributed by atoms with E-state index < -0.39 is 16.8 Å². The molecule has 22 heavy (non-hydrogen) atoms. The van der Waals surface area contributed by atoms with E-state index >= 15 is 0 Å². The average Bonchev–Trinajstić information content (AvgIpc) is 2.69. The van der Waals surface area contributed by atoms with Gasteiger partial charge in [0, 0.05) is 10.8 Å². The number of aryl methyl sites for hydroxylation is 1. The molecule has 0 fully saturated rings. The molecule has 0 saturated carbocycles. The highest BCUT2D eigenvalue weighted by Gasteiger charge is 2.48. The number of aliphatic hydroxyl groups is 1. The largest absolute Gasteiger partial charge is 0.497 e. The minimum Gasteiger partial charge on any atom is -0.497 e. The van der Waals surface area contributed by atoms with Gasteiger partial charge in [0.05, 0.1) is 20.3 Å². The number of ether oxygens (including phenoxy) is 2. The standard InChI is InChI=1S/C16H21ClO4S/c1-20-12-6-4-11-5-7-14(18)16(8-3-9-17,15(19)21-2)22-13(11)10-12/h4,6,10,14,18H,3,5,7-9H2,1-2H3. The molecule has 1 aliphatic rings. The van der Waals surface area contributed by atoms with E-state index in [1.807, 2.05) is 18.2 Å². The molecule has 0 amide bonds. The second kappa shape index (κ2) is 7.57. The van der Waals surface area contributed by atoms with E-state index in [9.17, 15) is 9.90 Å². The first-order valence-corrected chi connectivity index (χ1v) is 8.61. The van der Waals surface area contributed by atoms with Gasteiger partial charge in [-0.3, -0.25) is 4.79 Å². The normalized spacial score (nSPS) is 24.3. The number of benzene rings is 1. The van der Waals surface area contributed by atoms with Crippen molar-refractivity contribution in [2.75, 3.05) is 20.1 Å². The third kappa shape index (κ3) is 3.36. The maximum atomic E-state index is 12.4. The molecule has 0 spiro atoms. The first kappa shape index (κ1) is 17.4. The van der Waals surface area contributed by atoms with Crippen molar-refractivity contribution >= 4 is 29.3 Å². The van der Waals surface area contributed by atoms with Crippen LogP contribution in [0.3, 0.4) is 0 Å². The SMILES string of the molecule is COC(=O)C1(CCCCl)Sc2cc(OC)ccc2CCC1O. The molecule has 0 aromatic heterocycles. The average molecular weight is 345 g/mol. The molecule has 6 heteroatoms. The van der Waals surface area contributed by atoms with Crippen LogP contribution in [0.1, 0.15) is 24.8 Å². The molecule has 0 bridgehead atoms. The molecular formula is C16H21ClO4S. The minimum atomic E-state index is -1.01. The van der Waals surface area contributed by atoms with Gasteiger partial charge in [-0.15, -0.1) is 23.4 Å². The number of hydrogen-bond acceptors (Lipinski definition) is 5. The number of carbonyl (C=O) groups excluding carboxylic acids is 1. The summed E-state index contributed by atoms with van der Waals surface area (Å²) >= 11 is 7.18. The molecule has 122 valence electrons. The van der Waals surface area contributed by atoms with Gasteiger partial charge in [0.2, 0.25) is 0 Å². The monoisotopic (exact) mass is 344 g/mol. The van der Waals surface area contributed by atoms with Crippen molar-refractivity contribution in [2.45, 2.75) is 41.4 Å². The summed E-state index contributed by atoms with van der Waals surface area (Å²) in [6.07, 6.45) is 1.58. The summed E-state index contributed by atoms with van der Waals surface area (Å²) in [6.45, 7) is 0. The van der Waals surface area contributed by atoms with E-state index in [1.54, 1.807) is 7.11 Å². The molecule has 0 radical (unpaired) electrons. The maximum Gasteiger partial charge on any atom is 0.324 e. The Morgan fingerprint density at radius 2 is 2.27 bits per heavy atom. The first-order chi connectivity index (χ1) is 10.6. The van der Waals surface area contributed by atoms with E-state index in [1.165, 1.54) is 18.9 Å². The van der Waals surface area contributed by atoms with Gasteiger partial charge in [0.15, 0.2) is 0 Å². The van der Waals surface area contributed by atoms with Crippen molar-refractivity contribution in [3.63, 3.8) is 0 Å². The van der Waals surface area contributed by atoms with Crippen LogP contribution >= 0.6 is 23.4 Å². The van der Waals surface area contributed by atoms with E-state index in [4.69, 9.17) is 21.1 Å². The number of fused-ring (bicyclic) bond motifs is 1. The lowest BCUT2D eigenvalue weighted by Gasteiger charge is -2.33. The number of halogens is 1. The number of alkyl halides is 1. The fourth-order valence-electron chi connectivity index (χ4n) is 2.75. The van der Waals surface area contributed by atoms with E-state index in [0.29, 0.717) is 31.6 Å². The summed E-state index contributed by atoms with van der Waals surface area (Å²) in [5.41, 5.74) is 1.11. The molecular weight excluding hydrogens is 324 g/mol. The van der Waals surface area contributed by atoms with Crippen molar-refractivity contribution in [2.24, 2.45) is 0 Å². The molecule has 2 rings (SSSR count). The highest BCUT2D eigenvalue weighted by atomic mass is 35.5. The molecule has 1 aliphatic heterocycles. The summed E-state index contributed by atoms with van der Waals surface area (Å²) in [6, 6.07) is 5.80. The Morgan fingerprint density at radius 1 is 1.50 bits per heavy atom. The Kier molecular flexibility index (Phi) is 6.01. The number of rotatable bonds is 5. The lowest BCUT2D eigenvalue weighted by molar-refractivity contribution is -0.147. The molecule has 0 aliphatic carbocycles. The summed E-state index contributed by atoms with van der Waals surface area (Å²) in [7, 11) is 2.97. The second-order valence-corrected chi connectivity index (χ2v) is 7.05. The smallest absolute Gasteiger partial charge is 0.324 e. The Morgan fingerprint density at radius 3 is 2.91 bits per heavy atom. The van der Waals surface area contributed by atoms with Gasteiger partial charge in [-0.05, 0) is 43.4 Å². The van der Waals surface area contributed by atoms with Gasteiger partial charge in [0.1, 0.15) is 10.5 Å². The molecule has 0 saturated heterocycles. The molecule has 1 N–H and O–H groups in total. The number of aliphatic hydroxyl groups excluding tert-OH is 1. The number of methoxy groups -OCH3 is 2. The summed E-state index contributed by atoms with van der Waals surface area (Å²) in [5, 5.41) is 10.6. The highest BCUT2D eigenvalue weighted by Crippen LogP contribution is 2.46. The van der Waals surface area contributed by atoms with Gasteiger partial charge in [-0.1, -0.05) is 6.07 Å². The third-order valence-electron chi connectivity index (χ3n) is 4.00. The highest BCUT2D eigenvalue weighted by molar-refractivity contribution is 8.01. The van der Waals surface area contributed by atoms with Crippen LogP contribution in [-0.2, 0) is 16.0 Å². The topological polar surface area (TPSA) is 55.8 Å². The van der Waals surface area contributed by atoms with Crippen molar-refractivity contribution < 1.29 is 19.4 Å². The Labute approximate surface area is 140 Å². The van der Waals surface area contributed by atoms with Crippen LogP contribution in [0.15, 0.2) is 23.1 Å². The van der Waals surface area contributed by atoms with Crippen molar-refractivity contribution in [1.29, 1.82) is 0 Å². The van der Waals surface area contributed by atoms with Crippen LogP contribution in [0.2, 0.25) is 0 Å². The molecule has 4 nitrogen and oxygen atoms in total. The maximum absolute atomic E-state index is 12.4. The number of esters is 1. The van der Waals surface area contributed by atoms with Crippen LogP contribution in [0.4, 0.5) is 0 Å². The fraction of sp³-hybridized carbons (Fsp3) is 0.562. The molecule has 1 heterocycles. The van der Waals surface area contributed by atoms with Crippen LogP contribution < -0.4 is 4.74 Å². The predicted molar refractivity (Wildman–Crippen MR) is 87.9 cm³/mol. The molecule has 1 aromatic rings. The molecule has 1 aromatic carbocycles. The number of thioether (sulfide) groups is 1. The van der Waals surface area contributed by atoms with Gasteiger partial charge < -0.3 is 14.6 Å². The van der Waals surface area contributed by atoms with Gasteiger partial charge in [-0.25, -0.2) is 0 Å². The van der Waals surface area contributed by atoms with Gasteiger partial charge in [0.25, 0.3) is 0 Å². The Bertz CT molecular complexity index is 537. The van der Waals surface area contributed by atoms with E-state index in [-0.39, 0.29) is 0 Å². The molecule has 2 atom stereocenters. The van der Waals surface area contributed by atoms with Crippen molar-refractivity contribution in [1.82, 2.24) is 0 Å². The van der Waals surface area contributed by atoms with E-state index in [0.717, 1.165) is 16.2 Å². The zero-order chi connectivity index (χ0) is 16.2. The van der Waals surface area contributed by atoms with Crippen molar-refractivity contribution in [3.8, 4) is 5.75 Å². The predicted octanol–water partition coefficient (Wildman–Crippen LogP) is 3.03. The minimum absolute atomic E-state index is 0.397. The Hall–Kier alpha value is -0.910. The third-order valence-corrected chi connectivity index (χ3v) is 5.88. The summed E-state index contributed by atoms with van der Waals surface area (Å²) < 4.78 is 9.25. The lowest BCUT2D eigenvalue weighted by Crippen LogP contribution is -2.47. The second-order valence-electron chi connectivity index (χ2n) is 5.30. The van der Waals surface area contributed by atoms with E-state index in [2.05, 4.69) is 0 Å². The number of hydrogen-bond donors (Lipinski definition) is 1. The van der Waals surface area contributed by atoms with Crippen LogP contribution in [0.25, 0.3) is 0 Å². The first-order valence-electron chi connectivity index (χ1n) is 7.25. The zero-order valence-electron chi connectivity index (χ0n) is 12.8. The Balaban J connectivity index is 2.44. The van der Waals surface area contributed by atoms with Gasteiger partial charge in [-0.2, -0.15) is 0 Å². The fourth-order valence-corrected chi connectivity index (χ4v) is 4.42. The molecule has 2 unspecified atom stereocenters. The lowest BCUT2D eigenvalue weighted by atomic mass is 9.91. The van der Waals surface area contributed by atoms with Crippen LogP contribution in [0, 0.1) is 0 Å². The van der Waals surface area contributed by atoms with Crippen LogP contribution in [-0.4, -0.2) is 42.0 Å².